The fraction of sp³-hybridized carbons (Fsp3) is 0.150. The molecule has 0 aliphatic carbocycles. The zero-order chi connectivity index (χ0) is 22.6. The molecule has 1 fully saturated rings. The number of hydrogen-bond donors (Lipinski definition) is 1. The molecule has 6 nitrogen and oxygen atoms in total. The van der Waals surface area contributed by atoms with Gasteiger partial charge in [0.2, 0.25) is 0 Å². The summed E-state index contributed by atoms with van der Waals surface area (Å²) in [6.07, 6.45) is -3.37. The van der Waals surface area contributed by atoms with Gasteiger partial charge in [0.15, 0.2) is 0 Å². The highest BCUT2D eigenvalue weighted by Gasteiger charge is 2.34. The number of halogens is 4. The summed E-state index contributed by atoms with van der Waals surface area (Å²) in [4.78, 5) is 37.7. The lowest BCUT2D eigenvalue weighted by Gasteiger charge is -2.13. The standard InChI is InChI=1S/C20H14F4N2O4S/c21-14-5-1-12(2-6-14)11-16-18(28)26(19(29)31-16)10-9-25-17(27)13-3-7-15(8-4-13)30-20(22,23)24/h1-8,11H,9-10H2,(H,25,27)/b16-11-. The normalized spacial score (nSPS) is 15.5. The van der Waals surface area contributed by atoms with Gasteiger partial charge < -0.3 is 10.1 Å². The third-order valence-corrected chi connectivity index (χ3v) is 4.92. The number of benzene rings is 2. The molecule has 0 spiro atoms. The summed E-state index contributed by atoms with van der Waals surface area (Å²) in [6.45, 7) is -0.145. The van der Waals surface area contributed by atoms with Crippen molar-refractivity contribution in [1.82, 2.24) is 10.2 Å². The molecule has 0 radical (unpaired) electrons. The summed E-state index contributed by atoms with van der Waals surface area (Å²) in [5, 5.41) is 1.97. The predicted molar refractivity (Wildman–Crippen MR) is 105 cm³/mol. The lowest BCUT2D eigenvalue weighted by molar-refractivity contribution is -0.274. The highest BCUT2D eigenvalue weighted by atomic mass is 32.2. The molecular weight excluding hydrogens is 440 g/mol. The molecule has 3 amide bonds. The molecule has 0 unspecified atom stereocenters. The van der Waals surface area contributed by atoms with Gasteiger partial charge >= 0.3 is 6.36 Å². The molecule has 2 aromatic carbocycles. The molecule has 11 heteroatoms. The van der Waals surface area contributed by atoms with Gasteiger partial charge in [-0.2, -0.15) is 0 Å². The van der Waals surface area contributed by atoms with E-state index < -0.39 is 35.0 Å². The van der Waals surface area contributed by atoms with Crippen molar-refractivity contribution in [1.29, 1.82) is 0 Å². The molecule has 1 aliphatic heterocycles. The molecule has 0 atom stereocenters. The fourth-order valence-corrected chi connectivity index (χ4v) is 3.46. The quantitative estimate of drug-likeness (QED) is 0.523. The Morgan fingerprint density at radius 3 is 2.32 bits per heavy atom. The van der Waals surface area contributed by atoms with Crippen LogP contribution < -0.4 is 10.1 Å². The molecule has 0 aromatic heterocycles. The monoisotopic (exact) mass is 454 g/mol. The largest absolute Gasteiger partial charge is 0.573 e. The fourth-order valence-electron chi connectivity index (χ4n) is 2.59. The van der Waals surface area contributed by atoms with E-state index in [-0.39, 0.29) is 23.6 Å². The van der Waals surface area contributed by atoms with E-state index in [1.165, 1.54) is 30.3 Å². The summed E-state index contributed by atoms with van der Waals surface area (Å²) in [5.74, 6) is -2.02. The van der Waals surface area contributed by atoms with E-state index in [1.54, 1.807) is 0 Å². The topological polar surface area (TPSA) is 75.7 Å². The maximum atomic E-state index is 13.0. The van der Waals surface area contributed by atoms with E-state index in [4.69, 9.17) is 0 Å². The van der Waals surface area contributed by atoms with E-state index in [0.717, 1.165) is 40.9 Å². The van der Waals surface area contributed by atoms with Crippen molar-refractivity contribution in [2.24, 2.45) is 0 Å². The molecule has 1 saturated heterocycles. The number of carbonyl (C=O) groups excluding carboxylic acids is 3. The molecule has 1 aliphatic rings. The lowest BCUT2D eigenvalue weighted by atomic mass is 10.2. The van der Waals surface area contributed by atoms with Crippen molar-refractivity contribution in [3.05, 3.63) is 70.4 Å². The second-order valence-corrected chi connectivity index (χ2v) is 7.21. The van der Waals surface area contributed by atoms with Gasteiger partial charge in [0.25, 0.3) is 17.1 Å². The predicted octanol–water partition coefficient (Wildman–Crippen LogP) is 4.19. The van der Waals surface area contributed by atoms with Crippen molar-refractivity contribution in [3.63, 3.8) is 0 Å². The van der Waals surface area contributed by atoms with Gasteiger partial charge in [-0.15, -0.1) is 13.2 Å². The summed E-state index contributed by atoms with van der Waals surface area (Å²) in [7, 11) is 0. The molecule has 0 bridgehead atoms. The van der Waals surface area contributed by atoms with Crippen LogP contribution in [0, 0.1) is 5.82 Å². The molecule has 1 heterocycles. The van der Waals surface area contributed by atoms with E-state index in [1.807, 2.05) is 0 Å². The van der Waals surface area contributed by atoms with Crippen molar-refractivity contribution >= 4 is 34.9 Å². The Morgan fingerprint density at radius 2 is 1.71 bits per heavy atom. The molecule has 162 valence electrons. The highest BCUT2D eigenvalue weighted by Crippen LogP contribution is 2.32. The van der Waals surface area contributed by atoms with Crippen molar-refractivity contribution < 1.29 is 36.7 Å². The van der Waals surface area contributed by atoms with Gasteiger partial charge in [0.05, 0.1) is 4.91 Å². The Kier molecular flexibility index (Phi) is 6.64. The van der Waals surface area contributed by atoms with Gasteiger partial charge in [-0.1, -0.05) is 12.1 Å². The zero-order valence-electron chi connectivity index (χ0n) is 15.6. The number of alkyl halides is 3. The first-order valence-corrected chi connectivity index (χ1v) is 9.59. The Bertz CT molecular complexity index is 1020. The van der Waals surface area contributed by atoms with Crippen LogP contribution in [0.4, 0.5) is 22.4 Å². The first-order valence-electron chi connectivity index (χ1n) is 8.77. The molecule has 0 saturated carbocycles. The number of imide groups is 1. The SMILES string of the molecule is O=C(NCCN1C(=O)S/C(=C\c2ccc(F)cc2)C1=O)c1ccc(OC(F)(F)F)cc1. The average molecular weight is 454 g/mol. The van der Waals surface area contributed by atoms with Crippen LogP contribution in [-0.2, 0) is 4.79 Å². The van der Waals surface area contributed by atoms with Crippen LogP contribution in [-0.4, -0.2) is 41.4 Å². The van der Waals surface area contributed by atoms with Crippen LogP contribution in [0.2, 0.25) is 0 Å². The maximum Gasteiger partial charge on any atom is 0.573 e. The maximum absolute atomic E-state index is 13.0. The van der Waals surface area contributed by atoms with Gasteiger partial charge in [0.1, 0.15) is 11.6 Å². The molecule has 1 N–H and O–H groups in total. The van der Waals surface area contributed by atoms with Crippen molar-refractivity contribution in [3.8, 4) is 5.75 Å². The molecule has 2 aromatic rings. The van der Waals surface area contributed by atoms with Crippen LogP contribution in [0.15, 0.2) is 53.4 Å². The molecule has 3 rings (SSSR count). The second kappa shape index (κ2) is 9.21. The molecule has 31 heavy (non-hydrogen) atoms. The smallest absolute Gasteiger partial charge is 0.406 e. The Balaban J connectivity index is 1.54. The Hall–Kier alpha value is -3.34. The number of nitrogens with zero attached hydrogens (tertiary/aromatic N) is 1. The Morgan fingerprint density at radius 1 is 1.06 bits per heavy atom. The van der Waals surface area contributed by atoms with Crippen LogP contribution in [0.5, 0.6) is 5.75 Å². The second-order valence-electron chi connectivity index (χ2n) is 6.21. The first-order chi connectivity index (χ1) is 14.6. The minimum atomic E-state index is -4.83. The van der Waals surface area contributed by atoms with E-state index in [2.05, 4.69) is 10.1 Å². The number of amides is 3. The number of hydrogen-bond acceptors (Lipinski definition) is 5. The third-order valence-electron chi connectivity index (χ3n) is 4.01. The van der Waals surface area contributed by atoms with Gasteiger partial charge in [-0.3, -0.25) is 19.3 Å². The first kappa shape index (κ1) is 22.3. The van der Waals surface area contributed by atoms with Crippen LogP contribution in [0.25, 0.3) is 6.08 Å². The minimum absolute atomic E-state index is 0.0541. The number of ether oxygens (including phenoxy) is 1. The third kappa shape index (κ3) is 6.07. The summed E-state index contributed by atoms with van der Waals surface area (Å²) in [6, 6.07) is 9.70. The van der Waals surface area contributed by atoms with E-state index in [9.17, 15) is 31.9 Å². The number of carbonyl (C=O) groups is 3. The zero-order valence-corrected chi connectivity index (χ0v) is 16.4. The molecular formula is C20H14F4N2O4S. The number of nitrogens with one attached hydrogen (secondary N) is 1. The van der Waals surface area contributed by atoms with Crippen molar-refractivity contribution in [2.75, 3.05) is 13.1 Å². The summed E-state index contributed by atoms with van der Waals surface area (Å²) >= 11 is 0.728. The number of rotatable bonds is 6. The van der Waals surface area contributed by atoms with Gasteiger partial charge in [0, 0.05) is 18.7 Å². The summed E-state index contributed by atoms with van der Waals surface area (Å²) < 4.78 is 53.2. The van der Waals surface area contributed by atoms with Crippen LogP contribution >= 0.6 is 11.8 Å². The van der Waals surface area contributed by atoms with Gasteiger partial charge in [-0.25, -0.2) is 4.39 Å². The Labute approximate surface area is 177 Å². The van der Waals surface area contributed by atoms with Crippen LogP contribution in [0.3, 0.4) is 0 Å². The van der Waals surface area contributed by atoms with E-state index >= 15 is 0 Å². The van der Waals surface area contributed by atoms with Crippen LogP contribution in [0.1, 0.15) is 15.9 Å². The summed E-state index contributed by atoms with van der Waals surface area (Å²) in [5.41, 5.74) is 0.637. The van der Waals surface area contributed by atoms with Gasteiger partial charge in [-0.05, 0) is 59.8 Å². The highest BCUT2D eigenvalue weighted by molar-refractivity contribution is 8.18. The average Bonchev–Trinajstić information content (AvgIpc) is 2.96. The van der Waals surface area contributed by atoms with E-state index in [0.29, 0.717) is 5.56 Å². The number of thioether (sulfide) groups is 1. The minimum Gasteiger partial charge on any atom is -0.406 e. The van der Waals surface area contributed by atoms with Crippen molar-refractivity contribution in [2.45, 2.75) is 6.36 Å². The lowest BCUT2D eigenvalue weighted by Crippen LogP contribution is -2.37.